The highest BCUT2D eigenvalue weighted by Gasteiger charge is 2.35. The minimum atomic E-state index is -0.533. The highest BCUT2D eigenvalue weighted by molar-refractivity contribution is 6.30. The number of hydrogen-bond donors (Lipinski definition) is 2. The summed E-state index contributed by atoms with van der Waals surface area (Å²) in [5.41, 5.74) is 0.648. The van der Waals surface area contributed by atoms with Gasteiger partial charge in [-0.3, -0.25) is 4.79 Å². The van der Waals surface area contributed by atoms with Gasteiger partial charge in [0, 0.05) is 23.4 Å². The number of nitrogens with one attached hydrogen (secondary N) is 2. The topological polar surface area (TPSA) is 33.5 Å². The lowest BCUT2D eigenvalue weighted by atomic mass is 10.2. The fourth-order valence-corrected chi connectivity index (χ4v) is 2.90. The molecular formula is C18H18ClF2N2O+. The number of carbonyl (C=O) groups excluding carboxylic acids is 1. The Morgan fingerprint density at radius 1 is 1.17 bits per heavy atom. The fraction of sp³-hybridized carbons (Fsp3) is 0.278. The molecule has 0 saturated heterocycles. The van der Waals surface area contributed by atoms with E-state index in [1.54, 1.807) is 18.2 Å². The van der Waals surface area contributed by atoms with Gasteiger partial charge in [-0.1, -0.05) is 29.8 Å². The molecule has 0 bridgehead atoms. The highest BCUT2D eigenvalue weighted by atomic mass is 35.5. The molecule has 1 aliphatic carbocycles. The lowest BCUT2D eigenvalue weighted by Gasteiger charge is -2.19. The summed E-state index contributed by atoms with van der Waals surface area (Å²) in [4.78, 5) is 13.2. The van der Waals surface area contributed by atoms with Gasteiger partial charge >= 0.3 is 0 Å². The van der Waals surface area contributed by atoms with Crippen LogP contribution in [0.25, 0.3) is 0 Å². The molecule has 24 heavy (non-hydrogen) atoms. The fourth-order valence-electron chi connectivity index (χ4n) is 2.72. The van der Waals surface area contributed by atoms with E-state index in [-0.39, 0.29) is 24.0 Å². The SMILES string of the molecule is O=C(C[NH+](Cc1ccccc1F)C1CC1)Nc1cc(Cl)ccc1F. The van der Waals surface area contributed by atoms with Gasteiger partial charge in [-0.2, -0.15) is 0 Å². The molecule has 1 atom stereocenters. The smallest absolute Gasteiger partial charge is 0.279 e. The van der Waals surface area contributed by atoms with Crippen LogP contribution in [-0.2, 0) is 11.3 Å². The molecule has 1 fully saturated rings. The molecule has 1 saturated carbocycles. The van der Waals surface area contributed by atoms with Crippen molar-refractivity contribution in [2.24, 2.45) is 0 Å². The van der Waals surface area contributed by atoms with E-state index < -0.39 is 5.82 Å². The average Bonchev–Trinajstić information content (AvgIpc) is 3.37. The van der Waals surface area contributed by atoms with E-state index in [4.69, 9.17) is 11.6 Å². The lowest BCUT2D eigenvalue weighted by molar-refractivity contribution is -0.917. The second-order valence-corrected chi connectivity index (χ2v) is 6.49. The summed E-state index contributed by atoms with van der Waals surface area (Å²) >= 11 is 5.83. The van der Waals surface area contributed by atoms with Gasteiger partial charge in [-0.05, 0) is 24.3 Å². The largest absolute Gasteiger partial charge is 0.321 e. The molecule has 0 heterocycles. The summed E-state index contributed by atoms with van der Waals surface area (Å²) in [5, 5.41) is 2.90. The van der Waals surface area contributed by atoms with Crippen LogP contribution in [0, 0.1) is 11.6 Å². The third-order valence-corrected chi connectivity index (χ3v) is 4.36. The molecule has 6 heteroatoms. The van der Waals surface area contributed by atoms with Crippen LogP contribution in [0.5, 0.6) is 0 Å². The Bertz CT molecular complexity index is 750. The second kappa shape index (κ2) is 7.28. The summed E-state index contributed by atoms with van der Waals surface area (Å²) in [6, 6.07) is 10.9. The first kappa shape index (κ1) is 16.9. The minimum Gasteiger partial charge on any atom is -0.321 e. The van der Waals surface area contributed by atoms with Crippen molar-refractivity contribution in [3.63, 3.8) is 0 Å². The number of benzene rings is 2. The van der Waals surface area contributed by atoms with E-state index in [1.165, 1.54) is 24.3 Å². The van der Waals surface area contributed by atoms with Crippen LogP contribution in [0.4, 0.5) is 14.5 Å². The quantitative estimate of drug-likeness (QED) is 0.824. The van der Waals surface area contributed by atoms with Crippen molar-refractivity contribution in [3.8, 4) is 0 Å². The molecule has 3 rings (SSSR count). The van der Waals surface area contributed by atoms with Crippen molar-refractivity contribution in [1.29, 1.82) is 0 Å². The van der Waals surface area contributed by atoms with Crippen molar-refractivity contribution >= 4 is 23.2 Å². The van der Waals surface area contributed by atoms with Crippen LogP contribution in [0.3, 0.4) is 0 Å². The first-order valence-corrected chi connectivity index (χ1v) is 8.23. The molecule has 2 aromatic rings. The van der Waals surface area contributed by atoms with Gasteiger partial charge in [0.25, 0.3) is 5.91 Å². The number of quaternary nitrogens is 1. The van der Waals surface area contributed by atoms with Gasteiger partial charge in [0.2, 0.25) is 0 Å². The van der Waals surface area contributed by atoms with Gasteiger partial charge < -0.3 is 10.2 Å². The Hall–Kier alpha value is -1.98. The van der Waals surface area contributed by atoms with Gasteiger partial charge in [0.05, 0.1) is 11.7 Å². The van der Waals surface area contributed by atoms with Gasteiger partial charge in [-0.25, -0.2) is 8.78 Å². The number of anilines is 1. The zero-order valence-corrected chi connectivity index (χ0v) is 13.7. The first-order valence-electron chi connectivity index (χ1n) is 7.86. The monoisotopic (exact) mass is 351 g/mol. The van der Waals surface area contributed by atoms with Crippen molar-refractivity contribution in [3.05, 3.63) is 64.7 Å². The molecule has 0 radical (unpaired) electrons. The lowest BCUT2D eigenvalue weighted by Crippen LogP contribution is -3.13. The maximum absolute atomic E-state index is 13.8. The molecule has 2 N–H and O–H groups in total. The molecule has 0 aromatic heterocycles. The summed E-state index contributed by atoms with van der Waals surface area (Å²) in [6.45, 7) is 0.591. The van der Waals surface area contributed by atoms with Crippen LogP contribution < -0.4 is 10.2 Å². The molecule has 1 amide bonds. The number of amides is 1. The molecule has 1 aliphatic rings. The zero-order valence-electron chi connectivity index (χ0n) is 13.0. The maximum Gasteiger partial charge on any atom is 0.279 e. The van der Waals surface area contributed by atoms with E-state index in [2.05, 4.69) is 5.32 Å². The maximum atomic E-state index is 13.8. The van der Waals surface area contributed by atoms with Gasteiger partial charge in [0.1, 0.15) is 18.2 Å². The molecule has 2 aromatic carbocycles. The summed E-state index contributed by atoms with van der Waals surface area (Å²) in [6.07, 6.45) is 2.03. The summed E-state index contributed by atoms with van der Waals surface area (Å²) < 4.78 is 27.5. The number of hydrogen-bond acceptors (Lipinski definition) is 1. The Morgan fingerprint density at radius 3 is 2.62 bits per heavy atom. The van der Waals surface area contributed by atoms with E-state index in [1.807, 2.05) is 0 Å². The molecule has 0 spiro atoms. The van der Waals surface area contributed by atoms with Crippen LogP contribution in [0.1, 0.15) is 18.4 Å². The molecule has 1 unspecified atom stereocenters. The van der Waals surface area contributed by atoms with Crippen LogP contribution in [0.15, 0.2) is 42.5 Å². The van der Waals surface area contributed by atoms with Crippen molar-refractivity contribution in [1.82, 2.24) is 0 Å². The molecular weight excluding hydrogens is 334 g/mol. The second-order valence-electron chi connectivity index (χ2n) is 6.05. The predicted molar refractivity (Wildman–Crippen MR) is 89.0 cm³/mol. The average molecular weight is 352 g/mol. The molecule has 3 nitrogen and oxygen atoms in total. The number of rotatable bonds is 6. The Balaban J connectivity index is 1.66. The Kier molecular flexibility index (Phi) is 5.11. The highest BCUT2D eigenvalue weighted by Crippen LogP contribution is 2.19. The van der Waals surface area contributed by atoms with E-state index in [0.717, 1.165) is 17.7 Å². The summed E-state index contributed by atoms with van der Waals surface area (Å²) in [7, 11) is 0. The number of halogens is 3. The Morgan fingerprint density at radius 2 is 1.92 bits per heavy atom. The van der Waals surface area contributed by atoms with Crippen molar-refractivity contribution in [2.75, 3.05) is 11.9 Å². The van der Waals surface area contributed by atoms with Crippen LogP contribution in [0.2, 0.25) is 5.02 Å². The third-order valence-electron chi connectivity index (χ3n) is 4.12. The normalized spacial score (nSPS) is 15.1. The van der Waals surface area contributed by atoms with E-state index in [9.17, 15) is 13.6 Å². The van der Waals surface area contributed by atoms with Crippen molar-refractivity contribution in [2.45, 2.75) is 25.4 Å². The van der Waals surface area contributed by atoms with Crippen LogP contribution in [-0.4, -0.2) is 18.5 Å². The number of carbonyl (C=O) groups is 1. The zero-order chi connectivity index (χ0) is 17.1. The summed E-state index contributed by atoms with van der Waals surface area (Å²) in [5.74, 6) is -1.11. The molecule has 126 valence electrons. The third kappa shape index (κ3) is 4.30. The van der Waals surface area contributed by atoms with Crippen LogP contribution >= 0.6 is 11.6 Å². The van der Waals surface area contributed by atoms with E-state index in [0.29, 0.717) is 23.2 Å². The standard InChI is InChI=1S/C18H17ClF2N2O/c19-13-5-8-16(21)17(9-13)22-18(24)11-23(14-6-7-14)10-12-3-1-2-4-15(12)20/h1-5,8-9,14H,6-7,10-11H2,(H,22,24)/p+1. The van der Waals surface area contributed by atoms with Gasteiger partial charge in [-0.15, -0.1) is 0 Å². The first-order chi connectivity index (χ1) is 11.5. The molecule has 0 aliphatic heterocycles. The van der Waals surface area contributed by atoms with Crippen molar-refractivity contribution < 1.29 is 18.5 Å². The predicted octanol–water partition coefficient (Wildman–Crippen LogP) is 2.80. The minimum absolute atomic E-state index is 0.0635. The Labute approximate surface area is 144 Å². The van der Waals surface area contributed by atoms with E-state index >= 15 is 0 Å². The van der Waals surface area contributed by atoms with Gasteiger partial charge in [0.15, 0.2) is 6.54 Å².